The normalized spacial score (nSPS) is 12.7. The molecule has 21 heavy (non-hydrogen) atoms. The van der Waals surface area contributed by atoms with Crippen LogP contribution in [0.4, 0.5) is 10.1 Å². The molecule has 0 radical (unpaired) electrons. The summed E-state index contributed by atoms with van der Waals surface area (Å²) >= 11 is 0. The lowest BCUT2D eigenvalue weighted by Gasteiger charge is -2.29. The van der Waals surface area contributed by atoms with Crippen molar-refractivity contribution in [1.82, 2.24) is 0 Å². The molecule has 0 heterocycles. The highest BCUT2D eigenvalue weighted by Crippen LogP contribution is 2.25. The van der Waals surface area contributed by atoms with Crippen LogP contribution in [0.3, 0.4) is 0 Å². The molecule has 0 fully saturated rings. The van der Waals surface area contributed by atoms with Gasteiger partial charge in [-0.3, -0.25) is 0 Å². The van der Waals surface area contributed by atoms with Crippen molar-refractivity contribution in [3.05, 3.63) is 29.6 Å². The predicted octanol–water partition coefficient (Wildman–Crippen LogP) is 3.21. The van der Waals surface area contributed by atoms with Crippen LogP contribution in [-0.4, -0.2) is 32.8 Å². The summed E-state index contributed by atoms with van der Waals surface area (Å²) < 4.78 is 19.4. The van der Waals surface area contributed by atoms with Gasteiger partial charge in [-0.05, 0) is 30.9 Å². The van der Waals surface area contributed by atoms with Crippen molar-refractivity contribution in [3.63, 3.8) is 0 Å². The molecular formula is C17H29FN2O. The van der Waals surface area contributed by atoms with Crippen LogP contribution in [0.25, 0.3) is 0 Å². The fourth-order valence-corrected chi connectivity index (χ4v) is 2.40. The average molecular weight is 296 g/mol. The van der Waals surface area contributed by atoms with Gasteiger partial charge in [0.25, 0.3) is 0 Å². The van der Waals surface area contributed by atoms with Crippen molar-refractivity contribution in [2.75, 3.05) is 31.7 Å². The van der Waals surface area contributed by atoms with Crippen LogP contribution in [0.2, 0.25) is 0 Å². The molecule has 0 aromatic heterocycles. The summed E-state index contributed by atoms with van der Waals surface area (Å²) in [7, 11) is 1.69. The third-order valence-electron chi connectivity index (χ3n) is 3.58. The smallest absolute Gasteiger partial charge is 0.128 e. The van der Waals surface area contributed by atoms with E-state index in [2.05, 4.69) is 18.7 Å². The number of benzene rings is 1. The van der Waals surface area contributed by atoms with Gasteiger partial charge < -0.3 is 15.4 Å². The molecule has 0 aliphatic rings. The molecule has 1 unspecified atom stereocenters. The van der Waals surface area contributed by atoms with Crippen molar-refractivity contribution < 1.29 is 9.13 Å². The van der Waals surface area contributed by atoms with Crippen LogP contribution in [0, 0.1) is 11.7 Å². The number of halogens is 1. The number of nitrogens with two attached hydrogens (primary N) is 1. The largest absolute Gasteiger partial charge is 0.383 e. The molecule has 1 aromatic rings. The molecule has 2 N–H and O–H groups in total. The van der Waals surface area contributed by atoms with Gasteiger partial charge in [-0.15, -0.1) is 0 Å². The fraction of sp³-hybridized carbons (Fsp3) is 0.647. The van der Waals surface area contributed by atoms with Gasteiger partial charge in [0.2, 0.25) is 0 Å². The van der Waals surface area contributed by atoms with Gasteiger partial charge in [0.05, 0.1) is 6.61 Å². The minimum absolute atomic E-state index is 0.0102. The predicted molar refractivity (Wildman–Crippen MR) is 87.3 cm³/mol. The van der Waals surface area contributed by atoms with Crippen LogP contribution in [0.15, 0.2) is 18.2 Å². The Morgan fingerprint density at radius 1 is 1.33 bits per heavy atom. The van der Waals surface area contributed by atoms with E-state index in [4.69, 9.17) is 10.5 Å². The summed E-state index contributed by atoms with van der Waals surface area (Å²) in [5.74, 6) is 0.334. The summed E-state index contributed by atoms with van der Waals surface area (Å²) in [6.07, 6.45) is 1.41. The molecule has 1 atom stereocenters. The Balaban J connectivity index is 3.07. The number of ether oxygens (including phenoxy) is 1. The number of rotatable bonds is 9. The molecule has 1 rings (SSSR count). The summed E-state index contributed by atoms with van der Waals surface area (Å²) in [6, 6.07) is 5.26. The molecule has 0 amide bonds. The first-order valence-corrected chi connectivity index (χ1v) is 7.76. The fourth-order valence-electron chi connectivity index (χ4n) is 2.40. The SMILES string of the molecule is CCC(N)Cc1c(F)cccc1N(CCOC)CC(C)C. The van der Waals surface area contributed by atoms with E-state index in [-0.39, 0.29) is 11.9 Å². The second-order valence-electron chi connectivity index (χ2n) is 5.94. The molecular weight excluding hydrogens is 267 g/mol. The Hall–Kier alpha value is -1.13. The topological polar surface area (TPSA) is 38.5 Å². The van der Waals surface area contributed by atoms with Gasteiger partial charge in [-0.2, -0.15) is 0 Å². The highest BCUT2D eigenvalue weighted by Gasteiger charge is 2.17. The summed E-state index contributed by atoms with van der Waals surface area (Å²) in [5, 5.41) is 0. The minimum Gasteiger partial charge on any atom is -0.383 e. The number of anilines is 1. The van der Waals surface area contributed by atoms with E-state index < -0.39 is 0 Å². The maximum atomic E-state index is 14.3. The standard InChI is InChI=1S/C17H29FN2O/c1-5-14(19)11-15-16(18)7-6-8-17(15)20(9-10-21-4)12-13(2)3/h6-8,13-14H,5,9-12,19H2,1-4H3. The Labute approximate surface area is 128 Å². The Morgan fingerprint density at radius 2 is 2.05 bits per heavy atom. The zero-order valence-electron chi connectivity index (χ0n) is 13.7. The summed E-state index contributed by atoms with van der Waals surface area (Å²) in [6.45, 7) is 8.62. The van der Waals surface area contributed by atoms with Crippen molar-refractivity contribution in [2.24, 2.45) is 11.7 Å². The van der Waals surface area contributed by atoms with Gasteiger partial charge in [0.1, 0.15) is 5.82 Å². The lowest BCUT2D eigenvalue weighted by molar-refractivity contribution is 0.204. The first-order valence-electron chi connectivity index (χ1n) is 7.76. The molecule has 0 bridgehead atoms. The third-order valence-corrected chi connectivity index (χ3v) is 3.58. The van der Waals surface area contributed by atoms with Crippen LogP contribution >= 0.6 is 0 Å². The molecule has 0 spiro atoms. The number of hydrogen-bond acceptors (Lipinski definition) is 3. The lowest BCUT2D eigenvalue weighted by atomic mass is 10.0. The number of hydrogen-bond donors (Lipinski definition) is 1. The van der Waals surface area contributed by atoms with E-state index in [1.807, 2.05) is 13.0 Å². The zero-order chi connectivity index (χ0) is 15.8. The summed E-state index contributed by atoms with van der Waals surface area (Å²) in [4.78, 5) is 2.20. The van der Waals surface area contributed by atoms with Gasteiger partial charge in [-0.25, -0.2) is 4.39 Å². The molecule has 4 heteroatoms. The third kappa shape index (κ3) is 5.64. The quantitative estimate of drug-likeness (QED) is 0.760. The van der Waals surface area contributed by atoms with Crippen molar-refractivity contribution >= 4 is 5.69 Å². The molecule has 120 valence electrons. The lowest BCUT2D eigenvalue weighted by Crippen LogP contribution is -2.33. The highest BCUT2D eigenvalue weighted by molar-refractivity contribution is 5.54. The van der Waals surface area contributed by atoms with Gasteiger partial charge in [0.15, 0.2) is 0 Å². The van der Waals surface area contributed by atoms with Crippen molar-refractivity contribution in [3.8, 4) is 0 Å². The van der Waals surface area contributed by atoms with Crippen LogP contribution in [-0.2, 0) is 11.2 Å². The van der Waals surface area contributed by atoms with E-state index in [1.165, 1.54) is 6.07 Å². The van der Waals surface area contributed by atoms with Crippen molar-refractivity contribution in [2.45, 2.75) is 39.7 Å². The Kier molecular flexibility index (Phi) is 7.68. The highest BCUT2D eigenvalue weighted by atomic mass is 19.1. The van der Waals surface area contributed by atoms with Crippen molar-refractivity contribution in [1.29, 1.82) is 0 Å². The minimum atomic E-state index is -0.164. The first-order chi connectivity index (χ1) is 9.99. The van der Waals surface area contributed by atoms with E-state index in [0.29, 0.717) is 18.9 Å². The molecule has 0 saturated heterocycles. The van der Waals surface area contributed by atoms with E-state index >= 15 is 0 Å². The average Bonchev–Trinajstić information content (AvgIpc) is 2.45. The number of methoxy groups -OCH3 is 1. The monoisotopic (exact) mass is 296 g/mol. The van der Waals surface area contributed by atoms with Gasteiger partial charge in [-0.1, -0.05) is 26.8 Å². The second kappa shape index (κ2) is 9.00. The van der Waals surface area contributed by atoms with Crippen LogP contribution < -0.4 is 10.6 Å². The molecule has 1 aromatic carbocycles. The molecule has 0 aliphatic heterocycles. The second-order valence-corrected chi connectivity index (χ2v) is 5.94. The van der Waals surface area contributed by atoms with E-state index in [1.54, 1.807) is 13.2 Å². The van der Waals surface area contributed by atoms with Gasteiger partial charge in [0, 0.05) is 37.5 Å². The maximum Gasteiger partial charge on any atom is 0.128 e. The van der Waals surface area contributed by atoms with Crippen LogP contribution in [0.1, 0.15) is 32.8 Å². The zero-order valence-corrected chi connectivity index (χ0v) is 13.7. The molecule has 0 saturated carbocycles. The maximum absolute atomic E-state index is 14.3. The van der Waals surface area contributed by atoms with E-state index in [0.717, 1.165) is 30.8 Å². The van der Waals surface area contributed by atoms with Gasteiger partial charge >= 0.3 is 0 Å². The molecule has 3 nitrogen and oxygen atoms in total. The summed E-state index contributed by atoms with van der Waals surface area (Å²) in [5.41, 5.74) is 7.71. The van der Waals surface area contributed by atoms with E-state index in [9.17, 15) is 4.39 Å². The Bertz CT molecular complexity index is 423. The molecule has 0 aliphatic carbocycles. The van der Waals surface area contributed by atoms with Crippen LogP contribution in [0.5, 0.6) is 0 Å². The Morgan fingerprint density at radius 3 is 2.62 bits per heavy atom. The number of nitrogens with zero attached hydrogens (tertiary/aromatic N) is 1. The first kappa shape index (κ1) is 17.9.